The molecule has 2 N–H and O–H groups in total. The molecule has 0 aromatic rings. The highest BCUT2D eigenvalue weighted by Crippen LogP contribution is 2.65. The maximum absolute atomic E-state index is 10.1. The van der Waals surface area contributed by atoms with Crippen LogP contribution in [0.2, 0.25) is 0 Å². The summed E-state index contributed by atoms with van der Waals surface area (Å²) in [5.74, 6) is 2.14. The molecule has 3 fully saturated rings. The van der Waals surface area contributed by atoms with Gasteiger partial charge in [-0.05, 0) is 68.1 Å². The molecule has 0 aromatic heterocycles. The van der Waals surface area contributed by atoms with Gasteiger partial charge in [0.05, 0.1) is 17.7 Å². The molecule has 3 saturated carbocycles. The van der Waals surface area contributed by atoms with Gasteiger partial charge in [0.2, 0.25) is 6.29 Å². The minimum Gasteiger partial charge on any atom is -0.393 e. The van der Waals surface area contributed by atoms with Crippen molar-refractivity contribution >= 4 is 5.71 Å². The van der Waals surface area contributed by atoms with Gasteiger partial charge in [-0.15, -0.1) is 0 Å². The van der Waals surface area contributed by atoms with Crippen LogP contribution >= 0.6 is 0 Å². The molecule has 4 aliphatic carbocycles. The van der Waals surface area contributed by atoms with Gasteiger partial charge in [-0.1, -0.05) is 30.7 Å². The van der Waals surface area contributed by atoms with Crippen LogP contribution in [0.5, 0.6) is 0 Å². The molecule has 0 aromatic carbocycles. The third kappa shape index (κ3) is 1.79. The third-order valence-electron chi connectivity index (χ3n) is 8.51. The lowest BCUT2D eigenvalue weighted by molar-refractivity contribution is -0.107. The van der Waals surface area contributed by atoms with Gasteiger partial charge in [-0.25, -0.2) is 0 Å². The molecule has 4 nitrogen and oxygen atoms in total. The predicted octanol–water partition coefficient (Wildman–Crippen LogP) is 3.24. The van der Waals surface area contributed by atoms with Gasteiger partial charge in [0.1, 0.15) is 0 Å². The molecule has 1 heterocycles. The van der Waals surface area contributed by atoms with E-state index in [4.69, 9.17) is 4.84 Å². The molecule has 5 aliphatic rings. The number of rotatable bonds is 0. The Bertz CT molecular complexity index is 628. The van der Waals surface area contributed by atoms with Crippen molar-refractivity contribution in [2.75, 3.05) is 0 Å². The Morgan fingerprint density at radius 1 is 1.12 bits per heavy atom. The van der Waals surface area contributed by atoms with Gasteiger partial charge >= 0.3 is 0 Å². The molecule has 0 saturated heterocycles. The first-order valence-corrected chi connectivity index (χ1v) is 9.73. The minimum atomic E-state index is -0.726. The first-order valence-electron chi connectivity index (χ1n) is 9.73. The summed E-state index contributed by atoms with van der Waals surface area (Å²) in [5.41, 5.74) is 3.04. The van der Waals surface area contributed by atoms with Crippen LogP contribution in [-0.4, -0.2) is 28.3 Å². The normalized spacial score (nSPS) is 55.5. The number of aliphatic hydroxyl groups excluding tert-OH is 2. The number of aliphatic hydroxyl groups is 2. The fraction of sp³-hybridized carbons (Fsp3) is 0.850. The highest BCUT2D eigenvalue weighted by Gasteiger charge is 2.62. The number of allylic oxidation sites excluding steroid dienone is 1. The van der Waals surface area contributed by atoms with Crippen LogP contribution in [0.25, 0.3) is 0 Å². The second-order valence-corrected chi connectivity index (χ2v) is 9.43. The molecule has 1 aliphatic heterocycles. The summed E-state index contributed by atoms with van der Waals surface area (Å²) in [6, 6.07) is 0. The van der Waals surface area contributed by atoms with E-state index in [1.807, 2.05) is 0 Å². The van der Waals surface area contributed by atoms with Crippen LogP contribution in [0.3, 0.4) is 0 Å². The summed E-state index contributed by atoms with van der Waals surface area (Å²) in [6.07, 6.45) is 9.11. The van der Waals surface area contributed by atoms with Gasteiger partial charge in [-0.2, -0.15) is 0 Å². The smallest absolute Gasteiger partial charge is 0.232 e. The largest absolute Gasteiger partial charge is 0.393 e. The Hall–Kier alpha value is -0.870. The van der Waals surface area contributed by atoms with Crippen LogP contribution in [0.15, 0.2) is 16.8 Å². The van der Waals surface area contributed by atoms with E-state index in [9.17, 15) is 10.2 Å². The standard InChI is InChI=1S/C20H29NO3/c1-19-7-5-12(22)9-11(19)3-4-13-15(19)6-8-20(2)16(13)10-14-17(20)21-24-18(14)23/h3,12-16,18,22-23H,4-10H2,1-2H3/t12-,13-,14-,15+,16+,18+,19+,20+/m1/s1. The summed E-state index contributed by atoms with van der Waals surface area (Å²) in [7, 11) is 0. The maximum Gasteiger partial charge on any atom is 0.232 e. The van der Waals surface area contributed by atoms with E-state index in [1.54, 1.807) is 0 Å². The molecule has 4 heteroatoms. The number of oxime groups is 1. The average Bonchev–Trinajstić information content (AvgIpc) is 3.06. The van der Waals surface area contributed by atoms with Crippen molar-refractivity contribution in [1.82, 2.24) is 0 Å². The quantitative estimate of drug-likeness (QED) is 0.670. The first-order chi connectivity index (χ1) is 11.4. The van der Waals surface area contributed by atoms with Crippen molar-refractivity contribution in [3.05, 3.63) is 11.6 Å². The molecular weight excluding hydrogens is 302 g/mol. The SMILES string of the molecule is C[C@]12CC[C@@H](O)CC1=CC[C@@H]1[C@@H]2CC[C@]2(C)C3=NO[C@H](O)[C@@H]3C[C@@H]12. The summed E-state index contributed by atoms with van der Waals surface area (Å²) < 4.78 is 0. The second kappa shape index (κ2) is 4.85. The zero-order valence-corrected chi connectivity index (χ0v) is 14.7. The minimum absolute atomic E-state index is 0.110. The van der Waals surface area contributed by atoms with Crippen LogP contribution in [0, 0.1) is 34.5 Å². The Balaban J connectivity index is 1.51. The highest BCUT2D eigenvalue weighted by atomic mass is 16.7. The highest BCUT2D eigenvalue weighted by molar-refractivity contribution is 5.95. The van der Waals surface area contributed by atoms with Crippen molar-refractivity contribution in [2.24, 2.45) is 39.7 Å². The van der Waals surface area contributed by atoms with E-state index < -0.39 is 6.29 Å². The van der Waals surface area contributed by atoms with Crippen LogP contribution in [0.4, 0.5) is 0 Å². The Kier molecular flexibility index (Phi) is 3.11. The molecule has 24 heavy (non-hydrogen) atoms. The molecule has 0 bridgehead atoms. The van der Waals surface area contributed by atoms with E-state index in [1.165, 1.54) is 12.0 Å². The third-order valence-corrected chi connectivity index (χ3v) is 8.51. The van der Waals surface area contributed by atoms with Crippen molar-refractivity contribution < 1.29 is 15.1 Å². The van der Waals surface area contributed by atoms with Gasteiger partial charge in [0, 0.05) is 5.41 Å². The number of nitrogens with zero attached hydrogens (tertiary/aromatic N) is 1. The summed E-state index contributed by atoms with van der Waals surface area (Å²) in [6.45, 7) is 4.82. The molecule has 0 radical (unpaired) electrons. The second-order valence-electron chi connectivity index (χ2n) is 9.43. The van der Waals surface area contributed by atoms with Gasteiger partial charge in [0.25, 0.3) is 0 Å². The Morgan fingerprint density at radius 2 is 1.92 bits per heavy atom. The number of hydrogen-bond donors (Lipinski definition) is 2. The van der Waals surface area contributed by atoms with Gasteiger partial charge in [0.15, 0.2) is 0 Å². The van der Waals surface area contributed by atoms with Crippen molar-refractivity contribution in [3.63, 3.8) is 0 Å². The number of hydrogen-bond acceptors (Lipinski definition) is 4. The van der Waals surface area contributed by atoms with Crippen LogP contribution in [0.1, 0.15) is 58.8 Å². The molecule has 132 valence electrons. The summed E-state index contributed by atoms with van der Waals surface area (Å²) in [5, 5.41) is 24.5. The Morgan fingerprint density at radius 3 is 2.75 bits per heavy atom. The van der Waals surface area contributed by atoms with Crippen LogP contribution < -0.4 is 0 Å². The lowest BCUT2D eigenvalue weighted by Gasteiger charge is -2.57. The Labute approximate surface area is 144 Å². The topological polar surface area (TPSA) is 62.1 Å². The van der Waals surface area contributed by atoms with E-state index >= 15 is 0 Å². The van der Waals surface area contributed by atoms with E-state index in [2.05, 4.69) is 25.1 Å². The molecule has 0 amide bonds. The maximum atomic E-state index is 10.1. The molecular formula is C20H29NO3. The van der Waals surface area contributed by atoms with E-state index in [0.717, 1.165) is 50.2 Å². The monoisotopic (exact) mass is 331 g/mol. The van der Waals surface area contributed by atoms with E-state index in [0.29, 0.717) is 11.8 Å². The molecule has 5 rings (SSSR count). The lowest BCUT2D eigenvalue weighted by Crippen LogP contribution is -2.50. The predicted molar refractivity (Wildman–Crippen MR) is 91.1 cm³/mol. The lowest BCUT2D eigenvalue weighted by atomic mass is 9.48. The van der Waals surface area contributed by atoms with Crippen LogP contribution in [-0.2, 0) is 4.84 Å². The van der Waals surface area contributed by atoms with Gasteiger partial charge in [-0.3, -0.25) is 0 Å². The fourth-order valence-electron chi connectivity index (χ4n) is 7.13. The van der Waals surface area contributed by atoms with Crippen molar-refractivity contribution in [1.29, 1.82) is 0 Å². The zero-order chi connectivity index (χ0) is 16.7. The molecule has 0 unspecified atom stereocenters. The zero-order valence-electron chi connectivity index (χ0n) is 14.7. The summed E-state index contributed by atoms with van der Waals surface area (Å²) >= 11 is 0. The fourth-order valence-corrected chi connectivity index (χ4v) is 7.13. The molecule has 0 spiro atoms. The first kappa shape index (κ1) is 15.4. The number of fused-ring (bicyclic) bond motifs is 7. The molecule has 8 atom stereocenters. The van der Waals surface area contributed by atoms with Crippen molar-refractivity contribution in [2.45, 2.75) is 71.2 Å². The average molecular weight is 331 g/mol. The summed E-state index contributed by atoms with van der Waals surface area (Å²) in [4.78, 5) is 5.19. The van der Waals surface area contributed by atoms with Crippen molar-refractivity contribution in [3.8, 4) is 0 Å². The van der Waals surface area contributed by atoms with Gasteiger partial charge < -0.3 is 15.1 Å². The van der Waals surface area contributed by atoms with E-state index in [-0.39, 0.29) is 22.9 Å².